The number of benzene rings is 1. The van der Waals surface area contributed by atoms with Gasteiger partial charge in [-0.1, -0.05) is 64.1 Å². The second-order valence-electron chi connectivity index (χ2n) is 8.07. The fraction of sp³-hybridized carbons (Fsp3) is 0.577. The van der Waals surface area contributed by atoms with Gasteiger partial charge < -0.3 is 9.71 Å². The SMILES string of the molecule is CC.[B]N1CC/C(=C(/C)N(C)C)C(=NC(=C)C(CC)CCCCc2ccccc2)C1. The predicted molar refractivity (Wildman–Crippen MR) is 134 cm³/mol. The van der Waals surface area contributed by atoms with E-state index in [1.165, 1.54) is 29.7 Å². The highest BCUT2D eigenvalue weighted by Crippen LogP contribution is 2.25. The highest BCUT2D eigenvalue weighted by atomic mass is 15.1. The van der Waals surface area contributed by atoms with Crippen LogP contribution < -0.4 is 0 Å². The van der Waals surface area contributed by atoms with Gasteiger partial charge in [-0.2, -0.15) is 0 Å². The molecule has 1 unspecified atom stereocenters. The Bertz CT molecular complexity index is 691. The number of allylic oxidation sites excluding steroid dienone is 2. The number of piperidine rings is 1. The zero-order valence-electron chi connectivity index (χ0n) is 20.2. The Balaban J connectivity index is 0.00000218. The first kappa shape index (κ1) is 26.2. The van der Waals surface area contributed by atoms with Crippen molar-refractivity contribution in [3.63, 3.8) is 0 Å². The highest BCUT2D eigenvalue weighted by Gasteiger charge is 2.21. The summed E-state index contributed by atoms with van der Waals surface area (Å²) in [6.07, 6.45) is 6.75. The fourth-order valence-electron chi connectivity index (χ4n) is 3.76. The molecule has 0 N–H and O–H groups in total. The first-order valence-corrected chi connectivity index (χ1v) is 11.6. The summed E-state index contributed by atoms with van der Waals surface area (Å²) < 4.78 is 0. The smallest absolute Gasteiger partial charge is 0.183 e. The molecule has 1 atom stereocenters. The van der Waals surface area contributed by atoms with Crippen LogP contribution in [-0.4, -0.2) is 50.6 Å². The zero-order valence-corrected chi connectivity index (χ0v) is 20.2. The molecule has 0 bridgehead atoms. The van der Waals surface area contributed by atoms with Crippen molar-refractivity contribution in [2.45, 2.75) is 66.2 Å². The van der Waals surface area contributed by atoms with Crippen molar-refractivity contribution in [1.82, 2.24) is 9.71 Å². The van der Waals surface area contributed by atoms with Gasteiger partial charge in [0.05, 0.1) is 5.71 Å². The molecule has 3 nitrogen and oxygen atoms in total. The summed E-state index contributed by atoms with van der Waals surface area (Å²) in [5, 5.41) is 0. The number of hydrogen-bond acceptors (Lipinski definition) is 3. The molecule has 1 aromatic rings. The highest BCUT2D eigenvalue weighted by molar-refractivity contribution is 6.11. The Labute approximate surface area is 187 Å². The molecule has 1 aliphatic rings. The summed E-state index contributed by atoms with van der Waals surface area (Å²) in [6, 6.07) is 10.7. The van der Waals surface area contributed by atoms with Crippen molar-refractivity contribution in [3.05, 3.63) is 59.4 Å². The molecule has 1 heterocycles. The molecule has 4 heteroatoms. The van der Waals surface area contributed by atoms with Crippen LogP contribution in [0, 0.1) is 5.92 Å². The minimum atomic E-state index is 0.442. The van der Waals surface area contributed by atoms with Crippen LogP contribution in [0.2, 0.25) is 0 Å². The standard InChI is InChI=1S/C24H36BN3.C2H6/c1-6-22(15-11-10-14-21-12-8-7-9-13-21)19(2)26-24-18-28(25)17-16-23(24)20(3)27(4)5;1-2/h7-9,12-13,22H,2,6,10-11,14-18H2,1,3-5H3;1-2H3/b23-20+,26-24?;. The predicted octanol–water partition coefficient (Wildman–Crippen LogP) is 6.03. The molecule has 2 radical (unpaired) electrons. The maximum atomic E-state index is 6.09. The van der Waals surface area contributed by atoms with Crippen molar-refractivity contribution in [2.75, 3.05) is 27.2 Å². The van der Waals surface area contributed by atoms with Gasteiger partial charge in [0.15, 0.2) is 7.98 Å². The van der Waals surface area contributed by atoms with E-state index in [0.717, 1.165) is 43.6 Å². The van der Waals surface area contributed by atoms with Gasteiger partial charge in [-0.25, -0.2) is 0 Å². The molecule has 0 aromatic heterocycles. The van der Waals surface area contributed by atoms with Crippen LogP contribution in [0.15, 0.2) is 58.9 Å². The van der Waals surface area contributed by atoms with Gasteiger partial charge >= 0.3 is 0 Å². The lowest BCUT2D eigenvalue weighted by Crippen LogP contribution is -2.36. The van der Waals surface area contributed by atoms with Gasteiger partial charge in [-0.15, -0.1) is 0 Å². The largest absolute Gasteiger partial charge is 0.381 e. The van der Waals surface area contributed by atoms with Crippen molar-refractivity contribution >= 4 is 13.7 Å². The fourth-order valence-corrected chi connectivity index (χ4v) is 3.76. The molecule has 1 fully saturated rings. The molecular formula is C26H42BN3. The second-order valence-corrected chi connectivity index (χ2v) is 8.07. The normalized spacial score (nSPS) is 18.4. The van der Waals surface area contributed by atoms with Crippen molar-refractivity contribution in [1.29, 1.82) is 0 Å². The number of hydrogen-bond donors (Lipinski definition) is 0. The van der Waals surface area contributed by atoms with Crippen LogP contribution in [-0.2, 0) is 6.42 Å². The van der Waals surface area contributed by atoms with Gasteiger partial charge in [-0.3, -0.25) is 4.99 Å². The molecular weight excluding hydrogens is 365 g/mol. The third-order valence-electron chi connectivity index (χ3n) is 5.81. The number of unbranched alkanes of at least 4 members (excludes halogenated alkanes) is 1. The van der Waals surface area contributed by atoms with E-state index in [1.54, 1.807) is 0 Å². The Kier molecular flexibility index (Phi) is 12.5. The third-order valence-corrected chi connectivity index (χ3v) is 5.81. The lowest BCUT2D eigenvalue weighted by Gasteiger charge is -2.30. The second kappa shape index (κ2) is 14.2. The lowest BCUT2D eigenvalue weighted by molar-refractivity contribution is 0.470. The molecule has 0 amide bonds. The van der Waals surface area contributed by atoms with Crippen molar-refractivity contribution < 1.29 is 0 Å². The number of nitrogens with zero attached hydrogens (tertiary/aromatic N) is 3. The lowest BCUT2D eigenvalue weighted by atomic mass is 9.93. The average Bonchev–Trinajstić information content (AvgIpc) is 2.75. The van der Waals surface area contributed by atoms with Crippen LogP contribution in [0.25, 0.3) is 0 Å². The maximum Gasteiger partial charge on any atom is 0.183 e. The molecule has 1 saturated heterocycles. The van der Waals surface area contributed by atoms with Crippen LogP contribution in [0.1, 0.15) is 65.4 Å². The monoisotopic (exact) mass is 407 g/mol. The van der Waals surface area contributed by atoms with Crippen LogP contribution >= 0.6 is 0 Å². The van der Waals surface area contributed by atoms with Gasteiger partial charge in [0.25, 0.3) is 0 Å². The van der Waals surface area contributed by atoms with Gasteiger partial charge in [0, 0.05) is 38.0 Å². The van der Waals surface area contributed by atoms with Gasteiger partial charge in [0.2, 0.25) is 0 Å². The Morgan fingerprint density at radius 3 is 2.47 bits per heavy atom. The first-order chi connectivity index (χ1) is 14.4. The van der Waals surface area contributed by atoms with E-state index >= 15 is 0 Å². The van der Waals surface area contributed by atoms with E-state index in [2.05, 4.69) is 69.8 Å². The molecule has 0 saturated carbocycles. The molecule has 30 heavy (non-hydrogen) atoms. The van der Waals surface area contributed by atoms with E-state index < -0.39 is 0 Å². The number of rotatable bonds is 9. The average molecular weight is 407 g/mol. The Hall–Kier alpha value is -1.81. The molecule has 1 aliphatic heterocycles. The van der Waals surface area contributed by atoms with E-state index in [-0.39, 0.29) is 0 Å². The Morgan fingerprint density at radius 1 is 1.20 bits per heavy atom. The summed E-state index contributed by atoms with van der Waals surface area (Å²) >= 11 is 0. The summed E-state index contributed by atoms with van der Waals surface area (Å²) in [7, 11) is 10.3. The van der Waals surface area contributed by atoms with E-state index in [4.69, 9.17) is 13.0 Å². The summed E-state index contributed by atoms with van der Waals surface area (Å²) in [5.74, 6) is 0.442. The quantitative estimate of drug-likeness (QED) is 0.368. The van der Waals surface area contributed by atoms with Crippen LogP contribution in [0.3, 0.4) is 0 Å². The molecule has 2 rings (SSSR count). The van der Waals surface area contributed by atoms with Crippen molar-refractivity contribution in [2.24, 2.45) is 10.9 Å². The first-order valence-electron chi connectivity index (χ1n) is 11.6. The number of aliphatic imine (C=N–C) groups is 1. The number of aryl methyl sites for hydroxylation is 1. The maximum absolute atomic E-state index is 6.09. The van der Waals surface area contributed by atoms with Crippen LogP contribution in [0.5, 0.6) is 0 Å². The molecule has 0 spiro atoms. The minimum absolute atomic E-state index is 0.442. The minimum Gasteiger partial charge on any atom is -0.381 e. The van der Waals surface area contributed by atoms with Gasteiger partial charge in [0.1, 0.15) is 0 Å². The zero-order chi connectivity index (χ0) is 22.5. The summed E-state index contributed by atoms with van der Waals surface area (Å²) in [6.45, 7) is 14.3. The van der Waals surface area contributed by atoms with Crippen molar-refractivity contribution in [3.8, 4) is 0 Å². The van der Waals surface area contributed by atoms with Crippen LogP contribution in [0.4, 0.5) is 0 Å². The van der Waals surface area contributed by atoms with E-state index in [1.807, 2.05) is 18.7 Å². The molecule has 164 valence electrons. The molecule has 1 aromatic carbocycles. The van der Waals surface area contributed by atoms with E-state index in [0.29, 0.717) is 12.5 Å². The topological polar surface area (TPSA) is 18.8 Å². The molecule has 0 aliphatic carbocycles. The summed E-state index contributed by atoms with van der Waals surface area (Å²) in [5.41, 5.74) is 6.13. The van der Waals surface area contributed by atoms with Gasteiger partial charge in [-0.05, 0) is 56.7 Å². The third kappa shape index (κ3) is 8.51. The summed E-state index contributed by atoms with van der Waals surface area (Å²) in [4.78, 5) is 9.02. The van der Waals surface area contributed by atoms with E-state index in [9.17, 15) is 0 Å². The Morgan fingerprint density at radius 2 is 1.87 bits per heavy atom.